The number of aromatic nitrogens is 2. The molecule has 0 radical (unpaired) electrons. The Kier molecular flexibility index (Phi) is 5.87. The highest BCUT2D eigenvalue weighted by Gasteiger charge is 2.29. The van der Waals surface area contributed by atoms with Crippen molar-refractivity contribution in [1.82, 2.24) is 24.9 Å². The van der Waals surface area contributed by atoms with Gasteiger partial charge in [0.2, 0.25) is 5.91 Å². The SMILES string of the molecule is Cc1nn(CC(C)C)c(Cl)c1C(=O)N1CCN(CC(=O)NC2CC2)CC1. The topological polar surface area (TPSA) is 70.5 Å². The molecule has 0 atom stereocenters. The third kappa shape index (κ3) is 4.57. The summed E-state index contributed by atoms with van der Waals surface area (Å²) in [5.41, 5.74) is 1.18. The number of nitrogens with one attached hydrogen (secondary N) is 1. The average molecular weight is 382 g/mol. The summed E-state index contributed by atoms with van der Waals surface area (Å²) in [6.07, 6.45) is 2.19. The molecule has 2 fully saturated rings. The lowest BCUT2D eigenvalue weighted by Crippen LogP contribution is -2.51. The van der Waals surface area contributed by atoms with E-state index in [1.165, 1.54) is 0 Å². The van der Waals surface area contributed by atoms with E-state index in [9.17, 15) is 9.59 Å². The van der Waals surface area contributed by atoms with E-state index in [0.29, 0.717) is 67.6 Å². The van der Waals surface area contributed by atoms with E-state index in [0.717, 1.165) is 12.8 Å². The van der Waals surface area contributed by atoms with E-state index in [4.69, 9.17) is 11.6 Å². The second-order valence-corrected chi connectivity index (χ2v) is 8.10. The molecule has 1 saturated heterocycles. The average Bonchev–Trinajstić information content (AvgIpc) is 3.33. The lowest BCUT2D eigenvalue weighted by molar-refractivity contribution is -0.122. The van der Waals surface area contributed by atoms with Gasteiger partial charge in [0.05, 0.1) is 17.8 Å². The van der Waals surface area contributed by atoms with Gasteiger partial charge in [-0.05, 0) is 25.7 Å². The van der Waals surface area contributed by atoms with Gasteiger partial charge in [0, 0.05) is 38.8 Å². The second-order valence-electron chi connectivity index (χ2n) is 7.74. The van der Waals surface area contributed by atoms with Gasteiger partial charge < -0.3 is 10.2 Å². The molecule has 3 rings (SSSR count). The fraction of sp³-hybridized carbons (Fsp3) is 0.722. The zero-order valence-corrected chi connectivity index (χ0v) is 16.6. The Bertz CT molecular complexity index is 675. The Morgan fingerprint density at radius 3 is 2.46 bits per heavy atom. The molecule has 0 bridgehead atoms. The Morgan fingerprint density at radius 1 is 1.23 bits per heavy atom. The number of hydrogen-bond acceptors (Lipinski definition) is 4. The number of piperazine rings is 1. The van der Waals surface area contributed by atoms with Crippen molar-refractivity contribution >= 4 is 23.4 Å². The van der Waals surface area contributed by atoms with E-state index in [1.54, 1.807) is 4.68 Å². The molecule has 2 amide bonds. The van der Waals surface area contributed by atoms with E-state index in [2.05, 4.69) is 29.2 Å². The van der Waals surface area contributed by atoms with Crippen LogP contribution in [0.25, 0.3) is 0 Å². The highest BCUT2D eigenvalue weighted by Crippen LogP contribution is 2.23. The van der Waals surface area contributed by atoms with E-state index >= 15 is 0 Å². The van der Waals surface area contributed by atoms with Crippen LogP contribution in [0.3, 0.4) is 0 Å². The number of amides is 2. The molecular formula is C18H28ClN5O2. The molecular weight excluding hydrogens is 354 g/mol. The molecule has 26 heavy (non-hydrogen) atoms. The van der Waals surface area contributed by atoms with Crippen LogP contribution < -0.4 is 5.32 Å². The number of carbonyl (C=O) groups is 2. The summed E-state index contributed by atoms with van der Waals surface area (Å²) in [5.74, 6) is 0.422. The molecule has 144 valence electrons. The van der Waals surface area contributed by atoms with Crippen molar-refractivity contribution in [2.45, 2.75) is 46.2 Å². The molecule has 1 saturated carbocycles. The summed E-state index contributed by atoms with van der Waals surface area (Å²) in [7, 11) is 0. The molecule has 0 spiro atoms. The summed E-state index contributed by atoms with van der Waals surface area (Å²) in [5, 5.41) is 7.86. The minimum Gasteiger partial charge on any atom is -0.352 e. The van der Waals surface area contributed by atoms with Crippen molar-refractivity contribution in [3.8, 4) is 0 Å². The summed E-state index contributed by atoms with van der Waals surface area (Å²) >= 11 is 6.43. The maximum Gasteiger partial charge on any atom is 0.258 e. The molecule has 2 aliphatic rings. The largest absolute Gasteiger partial charge is 0.352 e. The van der Waals surface area contributed by atoms with Gasteiger partial charge in [-0.15, -0.1) is 0 Å². The first-order chi connectivity index (χ1) is 12.3. The van der Waals surface area contributed by atoms with Crippen LogP contribution in [-0.4, -0.2) is 70.2 Å². The molecule has 1 aliphatic carbocycles. The zero-order chi connectivity index (χ0) is 18.8. The van der Waals surface area contributed by atoms with Crippen molar-refractivity contribution in [2.24, 2.45) is 5.92 Å². The van der Waals surface area contributed by atoms with Crippen molar-refractivity contribution < 1.29 is 9.59 Å². The molecule has 0 unspecified atom stereocenters. The van der Waals surface area contributed by atoms with Crippen LogP contribution in [0.2, 0.25) is 5.15 Å². The third-order valence-electron chi connectivity index (χ3n) is 4.79. The normalized spacial score (nSPS) is 18.4. The molecule has 7 nitrogen and oxygen atoms in total. The first kappa shape index (κ1) is 19.2. The van der Waals surface area contributed by atoms with Crippen molar-refractivity contribution in [3.05, 3.63) is 16.4 Å². The summed E-state index contributed by atoms with van der Waals surface area (Å²) < 4.78 is 1.72. The molecule has 1 aliphatic heterocycles. The van der Waals surface area contributed by atoms with Gasteiger partial charge in [-0.1, -0.05) is 25.4 Å². The predicted octanol–water partition coefficient (Wildman–Crippen LogP) is 1.54. The minimum atomic E-state index is -0.0652. The summed E-state index contributed by atoms with van der Waals surface area (Å²) in [6.45, 7) is 9.69. The predicted molar refractivity (Wildman–Crippen MR) is 100 cm³/mol. The first-order valence-corrected chi connectivity index (χ1v) is 9.77. The van der Waals surface area contributed by atoms with Gasteiger partial charge in [0.25, 0.3) is 5.91 Å². The van der Waals surface area contributed by atoms with Crippen LogP contribution in [-0.2, 0) is 11.3 Å². The van der Waals surface area contributed by atoms with Gasteiger partial charge in [0.15, 0.2) is 0 Å². The summed E-state index contributed by atoms with van der Waals surface area (Å²) in [6, 6.07) is 0.387. The van der Waals surface area contributed by atoms with Crippen LogP contribution in [0.5, 0.6) is 0 Å². The molecule has 0 aromatic carbocycles. The second kappa shape index (κ2) is 7.96. The third-order valence-corrected chi connectivity index (χ3v) is 5.17. The Balaban J connectivity index is 1.56. The molecule has 1 aromatic rings. The van der Waals surface area contributed by atoms with Crippen LogP contribution in [0.1, 0.15) is 42.7 Å². The summed E-state index contributed by atoms with van der Waals surface area (Å²) in [4.78, 5) is 28.7. The highest BCUT2D eigenvalue weighted by atomic mass is 35.5. The van der Waals surface area contributed by atoms with Gasteiger partial charge in [0.1, 0.15) is 5.15 Å². The van der Waals surface area contributed by atoms with Crippen molar-refractivity contribution in [1.29, 1.82) is 0 Å². The highest BCUT2D eigenvalue weighted by molar-refractivity contribution is 6.33. The first-order valence-electron chi connectivity index (χ1n) is 9.39. The maximum atomic E-state index is 12.9. The van der Waals surface area contributed by atoms with Crippen molar-refractivity contribution in [3.63, 3.8) is 0 Å². The van der Waals surface area contributed by atoms with E-state index < -0.39 is 0 Å². The van der Waals surface area contributed by atoms with Crippen LogP contribution in [0.4, 0.5) is 0 Å². The molecule has 8 heteroatoms. The number of nitrogens with zero attached hydrogens (tertiary/aromatic N) is 4. The number of halogens is 1. The van der Waals surface area contributed by atoms with Gasteiger partial charge in [-0.2, -0.15) is 5.10 Å². The number of rotatable bonds is 6. The lowest BCUT2D eigenvalue weighted by Gasteiger charge is -2.34. The number of aryl methyl sites for hydroxylation is 1. The number of hydrogen-bond donors (Lipinski definition) is 1. The van der Waals surface area contributed by atoms with E-state index in [-0.39, 0.29) is 11.8 Å². The molecule has 1 N–H and O–H groups in total. The van der Waals surface area contributed by atoms with Gasteiger partial charge in [-0.25, -0.2) is 0 Å². The Labute approximate surface area is 159 Å². The van der Waals surface area contributed by atoms with Crippen LogP contribution >= 0.6 is 11.6 Å². The quantitative estimate of drug-likeness (QED) is 0.811. The number of carbonyl (C=O) groups excluding carboxylic acids is 2. The lowest BCUT2D eigenvalue weighted by atomic mass is 10.2. The smallest absolute Gasteiger partial charge is 0.258 e. The fourth-order valence-corrected chi connectivity index (χ4v) is 3.56. The zero-order valence-electron chi connectivity index (χ0n) is 15.8. The fourth-order valence-electron chi connectivity index (χ4n) is 3.23. The van der Waals surface area contributed by atoms with Crippen LogP contribution in [0.15, 0.2) is 0 Å². The van der Waals surface area contributed by atoms with E-state index in [1.807, 2.05) is 11.8 Å². The minimum absolute atomic E-state index is 0.0652. The molecule has 1 aromatic heterocycles. The van der Waals surface area contributed by atoms with Crippen LogP contribution in [0, 0.1) is 12.8 Å². The van der Waals surface area contributed by atoms with Crippen molar-refractivity contribution in [2.75, 3.05) is 32.7 Å². The monoisotopic (exact) mass is 381 g/mol. The Hall–Kier alpha value is -1.60. The van der Waals surface area contributed by atoms with Gasteiger partial charge >= 0.3 is 0 Å². The van der Waals surface area contributed by atoms with Gasteiger partial charge in [-0.3, -0.25) is 19.2 Å². The molecule has 2 heterocycles. The standard InChI is InChI=1S/C18H28ClN5O2/c1-12(2)10-24-17(19)16(13(3)21-24)18(26)23-8-6-22(7-9-23)11-15(25)20-14-4-5-14/h12,14H,4-11H2,1-3H3,(H,20,25). The maximum absolute atomic E-state index is 12.9. The Morgan fingerprint density at radius 2 is 1.88 bits per heavy atom.